The lowest BCUT2D eigenvalue weighted by Gasteiger charge is -2.32. The number of hydrogen-bond donors (Lipinski definition) is 1. The molecule has 0 aromatic heterocycles. The second kappa shape index (κ2) is 7.65. The number of carboxylic acids is 1. The van der Waals surface area contributed by atoms with Crippen molar-refractivity contribution in [1.82, 2.24) is 4.90 Å². The van der Waals surface area contributed by atoms with Crippen molar-refractivity contribution in [2.75, 3.05) is 13.7 Å². The first-order chi connectivity index (χ1) is 12.0. The molecule has 1 aliphatic heterocycles. The van der Waals surface area contributed by atoms with Crippen LogP contribution in [0.15, 0.2) is 42.5 Å². The van der Waals surface area contributed by atoms with Crippen molar-refractivity contribution >= 4 is 29.2 Å². The molecule has 132 valence electrons. The molecular weight excluding hydrogens is 361 g/mol. The van der Waals surface area contributed by atoms with Gasteiger partial charge in [-0.25, -0.2) is 0 Å². The van der Waals surface area contributed by atoms with Gasteiger partial charge in [0.2, 0.25) is 0 Å². The van der Waals surface area contributed by atoms with Crippen molar-refractivity contribution in [2.24, 2.45) is 0 Å². The zero-order chi connectivity index (χ0) is 18.0. The van der Waals surface area contributed by atoms with Gasteiger partial charge in [-0.05, 0) is 48.2 Å². The minimum Gasteiger partial charge on any atom is -0.497 e. The van der Waals surface area contributed by atoms with Crippen molar-refractivity contribution in [1.29, 1.82) is 0 Å². The van der Waals surface area contributed by atoms with Crippen LogP contribution >= 0.6 is 23.2 Å². The molecule has 2 atom stereocenters. The maximum Gasteiger partial charge on any atom is 0.320 e. The third kappa shape index (κ3) is 3.76. The van der Waals surface area contributed by atoms with Crippen LogP contribution in [0.2, 0.25) is 10.0 Å². The van der Waals surface area contributed by atoms with E-state index in [4.69, 9.17) is 27.9 Å². The molecule has 0 spiro atoms. The maximum absolute atomic E-state index is 11.7. The van der Waals surface area contributed by atoms with Crippen molar-refractivity contribution in [3.05, 3.63) is 63.6 Å². The van der Waals surface area contributed by atoms with E-state index in [0.29, 0.717) is 23.0 Å². The molecule has 0 bridgehead atoms. The van der Waals surface area contributed by atoms with Gasteiger partial charge in [-0.2, -0.15) is 0 Å². The average Bonchev–Trinajstić information content (AvgIpc) is 3.08. The fourth-order valence-corrected chi connectivity index (χ4v) is 3.71. The van der Waals surface area contributed by atoms with Crippen LogP contribution in [0, 0.1) is 0 Å². The summed E-state index contributed by atoms with van der Waals surface area (Å²) in [6.45, 7) is 0.716. The number of methoxy groups -OCH3 is 1. The third-order valence-corrected chi connectivity index (χ3v) is 5.34. The first kappa shape index (κ1) is 18.1. The Kier molecular flexibility index (Phi) is 5.52. The molecule has 1 saturated heterocycles. The van der Waals surface area contributed by atoms with Gasteiger partial charge in [0.25, 0.3) is 0 Å². The van der Waals surface area contributed by atoms with Gasteiger partial charge in [0.1, 0.15) is 11.8 Å². The Labute approximate surface area is 156 Å². The lowest BCUT2D eigenvalue weighted by atomic mass is 9.96. The predicted octanol–water partition coefficient (Wildman–Crippen LogP) is 4.64. The molecule has 0 aliphatic carbocycles. The monoisotopic (exact) mass is 379 g/mol. The summed E-state index contributed by atoms with van der Waals surface area (Å²) in [5, 5.41) is 10.5. The number of benzene rings is 2. The number of likely N-dealkylation sites (tertiary alicyclic amines) is 1. The van der Waals surface area contributed by atoms with Crippen LogP contribution in [-0.4, -0.2) is 35.7 Å². The Balaban J connectivity index is 2.06. The van der Waals surface area contributed by atoms with Crippen molar-refractivity contribution in [2.45, 2.75) is 24.9 Å². The second-order valence-corrected chi connectivity index (χ2v) is 6.90. The van der Waals surface area contributed by atoms with E-state index in [1.165, 1.54) is 0 Å². The largest absolute Gasteiger partial charge is 0.497 e. The highest BCUT2D eigenvalue weighted by Gasteiger charge is 2.36. The number of carbonyl (C=O) groups is 1. The summed E-state index contributed by atoms with van der Waals surface area (Å²) in [5.74, 6) is -0.0380. The summed E-state index contributed by atoms with van der Waals surface area (Å²) >= 11 is 12.3. The molecule has 0 saturated carbocycles. The topological polar surface area (TPSA) is 49.8 Å². The van der Waals surface area contributed by atoms with E-state index < -0.39 is 12.0 Å². The SMILES string of the molecule is COc1ccc(C(c2ccc(Cl)c(Cl)c2)N2CCCC2C(=O)O)cc1. The highest BCUT2D eigenvalue weighted by atomic mass is 35.5. The summed E-state index contributed by atoms with van der Waals surface area (Å²) in [7, 11) is 1.62. The van der Waals surface area contributed by atoms with Crippen LogP contribution in [0.25, 0.3) is 0 Å². The number of nitrogens with zero attached hydrogens (tertiary/aromatic N) is 1. The van der Waals surface area contributed by atoms with Gasteiger partial charge in [-0.15, -0.1) is 0 Å². The minimum atomic E-state index is -0.795. The molecule has 1 N–H and O–H groups in total. The number of carboxylic acid groups (broad SMARTS) is 1. The van der Waals surface area contributed by atoms with Gasteiger partial charge in [0.05, 0.1) is 23.2 Å². The number of hydrogen-bond acceptors (Lipinski definition) is 3. The van der Waals surface area contributed by atoms with E-state index in [-0.39, 0.29) is 6.04 Å². The number of halogens is 2. The fraction of sp³-hybridized carbons (Fsp3) is 0.316. The summed E-state index contributed by atoms with van der Waals surface area (Å²) in [6, 6.07) is 12.4. The van der Waals surface area contributed by atoms with Gasteiger partial charge in [-0.3, -0.25) is 9.69 Å². The summed E-state index contributed by atoms with van der Waals surface area (Å²) in [5.41, 5.74) is 1.92. The normalized spacial score (nSPS) is 18.9. The molecule has 2 unspecified atom stereocenters. The van der Waals surface area contributed by atoms with Gasteiger partial charge < -0.3 is 9.84 Å². The van der Waals surface area contributed by atoms with Crippen molar-refractivity contribution in [3.63, 3.8) is 0 Å². The van der Waals surface area contributed by atoms with E-state index in [2.05, 4.69) is 0 Å². The lowest BCUT2D eigenvalue weighted by Crippen LogP contribution is -2.39. The molecule has 3 rings (SSSR count). The standard InChI is InChI=1S/C19H19Cl2NO3/c1-25-14-7-4-12(5-8-14)18(13-6-9-15(20)16(21)11-13)22-10-2-3-17(22)19(23)24/h4-9,11,17-18H,2-3,10H2,1H3,(H,23,24). The van der Waals surface area contributed by atoms with E-state index >= 15 is 0 Å². The Morgan fingerprint density at radius 3 is 2.44 bits per heavy atom. The third-order valence-electron chi connectivity index (χ3n) is 4.60. The second-order valence-electron chi connectivity index (χ2n) is 6.08. The molecule has 1 fully saturated rings. The summed E-state index contributed by atoms with van der Waals surface area (Å²) < 4.78 is 5.23. The van der Waals surface area contributed by atoms with Crippen molar-refractivity contribution < 1.29 is 14.6 Å². The number of rotatable bonds is 5. The van der Waals surface area contributed by atoms with Crippen LogP contribution in [0.1, 0.15) is 30.0 Å². The minimum absolute atomic E-state index is 0.204. The van der Waals surface area contributed by atoms with E-state index in [1.54, 1.807) is 13.2 Å². The van der Waals surface area contributed by atoms with E-state index in [9.17, 15) is 9.90 Å². The summed E-state index contributed by atoms with van der Waals surface area (Å²) in [6.07, 6.45) is 1.49. The maximum atomic E-state index is 11.7. The highest BCUT2D eigenvalue weighted by Crippen LogP contribution is 2.37. The fourth-order valence-electron chi connectivity index (χ4n) is 3.41. The molecular formula is C19H19Cl2NO3. The Morgan fingerprint density at radius 2 is 1.84 bits per heavy atom. The molecule has 1 aliphatic rings. The molecule has 4 nitrogen and oxygen atoms in total. The summed E-state index contributed by atoms with van der Waals surface area (Å²) in [4.78, 5) is 13.7. The Bertz CT molecular complexity index is 764. The van der Waals surface area contributed by atoms with Crippen LogP contribution in [0.4, 0.5) is 0 Å². The smallest absolute Gasteiger partial charge is 0.320 e. The zero-order valence-electron chi connectivity index (χ0n) is 13.8. The van der Waals surface area contributed by atoms with Crippen LogP contribution < -0.4 is 4.74 Å². The van der Waals surface area contributed by atoms with Gasteiger partial charge in [-0.1, -0.05) is 41.4 Å². The first-order valence-corrected chi connectivity index (χ1v) is 8.84. The van der Waals surface area contributed by atoms with Gasteiger partial charge >= 0.3 is 5.97 Å². The highest BCUT2D eigenvalue weighted by molar-refractivity contribution is 6.42. The van der Waals surface area contributed by atoms with Crippen molar-refractivity contribution in [3.8, 4) is 5.75 Å². The average molecular weight is 380 g/mol. The number of aliphatic carboxylic acids is 1. The molecule has 1 heterocycles. The van der Waals surface area contributed by atoms with Crippen LogP contribution in [0.5, 0.6) is 5.75 Å². The molecule has 2 aromatic rings. The zero-order valence-corrected chi connectivity index (χ0v) is 15.3. The lowest BCUT2D eigenvalue weighted by molar-refractivity contribution is -0.142. The molecule has 2 aromatic carbocycles. The molecule has 0 radical (unpaired) electrons. The van der Waals surface area contributed by atoms with Crippen LogP contribution in [-0.2, 0) is 4.79 Å². The molecule has 0 amide bonds. The van der Waals surface area contributed by atoms with Gasteiger partial charge in [0, 0.05) is 6.54 Å². The van der Waals surface area contributed by atoms with E-state index in [1.807, 2.05) is 41.3 Å². The predicted molar refractivity (Wildman–Crippen MR) is 98.7 cm³/mol. The Hall–Kier alpha value is -1.75. The van der Waals surface area contributed by atoms with Crippen LogP contribution in [0.3, 0.4) is 0 Å². The molecule has 6 heteroatoms. The first-order valence-electron chi connectivity index (χ1n) is 8.08. The quantitative estimate of drug-likeness (QED) is 0.821. The Morgan fingerprint density at radius 1 is 1.16 bits per heavy atom. The van der Waals surface area contributed by atoms with Gasteiger partial charge in [0.15, 0.2) is 0 Å². The van der Waals surface area contributed by atoms with E-state index in [0.717, 1.165) is 23.3 Å². The number of ether oxygens (including phenoxy) is 1. The molecule has 25 heavy (non-hydrogen) atoms.